The number of aryl methyl sites for hydroxylation is 1. The largest absolute Gasteiger partial charge is 0.507 e. The van der Waals surface area contributed by atoms with Crippen LogP contribution in [0.5, 0.6) is 5.75 Å². The SMILES string of the molecule is O=C(N/N=C/C1=C(Cl)c2ccccc2CC1)c1ccccc1O. The molecule has 0 saturated heterocycles. The average molecular weight is 327 g/mol. The maximum atomic E-state index is 12.0. The Kier molecular flexibility index (Phi) is 4.44. The number of phenols is 1. The summed E-state index contributed by atoms with van der Waals surface area (Å²) in [4.78, 5) is 12.0. The second-order valence-corrected chi connectivity index (χ2v) is 5.59. The van der Waals surface area contributed by atoms with Crippen LogP contribution in [0.4, 0.5) is 0 Å². The van der Waals surface area contributed by atoms with E-state index < -0.39 is 5.91 Å². The average Bonchev–Trinajstić information content (AvgIpc) is 2.57. The lowest BCUT2D eigenvalue weighted by Crippen LogP contribution is -2.18. The molecule has 23 heavy (non-hydrogen) atoms. The molecule has 5 heteroatoms. The van der Waals surface area contributed by atoms with Gasteiger partial charge in [-0.2, -0.15) is 5.10 Å². The van der Waals surface area contributed by atoms with Gasteiger partial charge >= 0.3 is 0 Å². The molecule has 0 fully saturated rings. The summed E-state index contributed by atoms with van der Waals surface area (Å²) >= 11 is 6.41. The highest BCUT2D eigenvalue weighted by Crippen LogP contribution is 2.32. The molecule has 0 heterocycles. The van der Waals surface area contributed by atoms with Crippen molar-refractivity contribution in [1.82, 2.24) is 5.43 Å². The Morgan fingerprint density at radius 1 is 1.13 bits per heavy atom. The number of hydrazone groups is 1. The van der Waals surface area contributed by atoms with Crippen LogP contribution in [0, 0.1) is 0 Å². The molecular weight excluding hydrogens is 312 g/mol. The van der Waals surface area contributed by atoms with Gasteiger partial charge in [0.1, 0.15) is 5.75 Å². The molecule has 1 amide bonds. The molecule has 2 N–H and O–H groups in total. The van der Waals surface area contributed by atoms with Gasteiger partial charge in [-0.05, 0) is 41.7 Å². The third-order valence-electron chi connectivity index (χ3n) is 3.73. The number of amides is 1. The molecule has 2 aromatic rings. The number of nitrogens with zero attached hydrogens (tertiary/aromatic N) is 1. The van der Waals surface area contributed by atoms with Crippen molar-refractivity contribution in [3.63, 3.8) is 0 Å². The number of phenolic OH excluding ortho intramolecular Hbond substituents is 1. The molecule has 0 spiro atoms. The summed E-state index contributed by atoms with van der Waals surface area (Å²) < 4.78 is 0. The molecule has 0 atom stereocenters. The predicted octanol–water partition coefficient (Wildman–Crippen LogP) is 3.70. The highest BCUT2D eigenvalue weighted by Gasteiger charge is 2.16. The van der Waals surface area contributed by atoms with Crippen LogP contribution in [0.3, 0.4) is 0 Å². The quantitative estimate of drug-likeness (QED) is 0.667. The van der Waals surface area contributed by atoms with E-state index in [1.165, 1.54) is 17.7 Å². The monoisotopic (exact) mass is 326 g/mol. The zero-order valence-corrected chi connectivity index (χ0v) is 13.0. The van der Waals surface area contributed by atoms with Crippen molar-refractivity contribution < 1.29 is 9.90 Å². The minimum absolute atomic E-state index is 0.0796. The minimum atomic E-state index is -0.465. The highest BCUT2D eigenvalue weighted by atomic mass is 35.5. The standard InChI is InChI=1S/C18H15ClN2O2/c19-17-13(10-9-12-5-1-2-6-14(12)17)11-20-21-18(23)15-7-3-4-8-16(15)22/h1-8,11,22H,9-10H2,(H,21,23)/b20-11+. The van der Waals surface area contributed by atoms with Gasteiger partial charge in [0.05, 0.1) is 16.8 Å². The number of rotatable bonds is 3. The van der Waals surface area contributed by atoms with Gasteiger partial charge in [0.25, 0.3) is 5.91 Å². The van der Waals surface area contributed by atoms with Crippen LogP contribution < -0.4 is 5.43 Å². The number of fused-ring (bicyclic) bond motifs is 1. The summed E-state index contributed by atoms with van der Waals surface area (Å²) in [5, 5.41) is 14.3. The van der Waals surface area contributed by atoms with Crippen molar-refractivity contribution in [1.29, 1.82) is 0 Å². The van der Waals surface area contributed by atoms with Crippen molar-refractivity contribution in [3.05, 3.63) is 70.8 Å². The number of carbonyl (C=O) groups excluding carboxylic acids is 1. The third kappa shape index (κ3) is 3.27. The number of halogens is 1. The first-order valence-electron chi connectivity index (χ1n) is 7.25. The summed E-state index contributed by atoms with van der Waals surface area (Å²) in [6.07, 6.45) is 3.23. The van der Waals surface area contributed by atoms with Crippen LogP contribution in [0.25, 0.3) is 5.03 Å². The van der Waals surface area contributed by atoms with Crippen LogP contribution in [0.1, 0.15) is 27.9 Å². The summed E-state index contributed by atoms with van der Waals surface area (Å²) in [5.41, 5.74) is 5.69. The fourth-order valence-electron chi connectivity index (χ4n) is 2.52. The number of benzene rings is 2. The fourth-order valence-corrected chi connectivity index (χ4v) is 2.85. The number of hydrogen-bond donors (Lipinski definition) is 2. The van der Waals surface area contributed by atoms with E-state index in [1.54, 1.807) is 18.3 Å². The van der Waals surface area contributed by atoms with Gasteiger partial charge in [0.2, 0.25) is 0 Å². The summed E-state index contributed by atoms with van der Waals surface area (Å²) in [5.74, 6) is -0.545. The molecule has 1 aliphatic carbocycles. The van der Waals surface area contributed by atoms with E-state index in [0.29, 0.717) is 5.03 Å². The van der Waals surface area contributed by atoms with Gasteiger partial charge < -0.3 is 5.11 Å². The van der Waals surface area contributed by atoms with E-state index in [4.69, 9.17) is 11.6 Å². The Morgan fingerprint density at radius 3 is 2.70 bits per heavy atom. The normalized spacial score (nSPS) is 14.0. The van der Waals surface area contributed by atoms with Crippen LogP contribution in [0.2, 0.25) is 0 Å². The van der Waals surface area contributed by atoms with E-state index in [9.17, 15) is 9.90 Å². The van der Waals surface area contributed by atoms with Gasteiger partial charge in [-0.1, -0.05) is 48.0 Å². The number of carbonyl (C=O) groups is 1. The Morgan fingerprint density at radius 2 is 1.87 bits per heavy atom. The second kappa shape index (κ2) is 6.67. The second-order valence-electron chi connectivity index (χ2n) is 5.21. The number of aromatic hydroxyl groups is 1. The van der Waals surface area contributed by atoms with Crippen molar-refractivity contribution >= 4 is 28.8 Å². The lowest BCUT2D eigenvalue weighted by molar-refractivity contribution is 0.0952. The Bertz CT molecular complexity index is 812. The van der Waals surface area contributed by atoms with Gasteiger partial charge in [-0.15, -0.1) is 0 Å². The van der Waals surface area contributed by atoms with E-state index >= 15 is 0 Å². The predicted molar refractivity (Wildman–Crippen MR) is 91.6 cm³/mol. The maximum Gasteiger partial charge on any atom is 0.275 e. The lowest BCUT2D eigenvalue weighted by atomic mass is 9.92. The third-order valence-corrected chi connectivity index (χ3v) is 4.18. The molecule has 4 nitrogen and oxygen atoms in total. The summed E-state index contributed by atoms with van der Waals surface area (Å²) in [7, 11) is 0. The van der Waals surface area contributed by atoms with Gasteiger partial charge in [0, 0.05) is 0 Å². The summed E-state index contributed by atoms with van der Waals surface area (Å²) in [6, 6.07) is 14.3. The van der Waals surface area contributed by atoms with Gasteiger partial charge in [0.15, 0.2) is 0 Å². The van der Waals surface area contributed by atoms with Crippen LogP contribution in [-0.2, 0) is 6.42 Å². The van der Waals surface area contributed by atoms with E-state index in [0.717, 1.165) is 24.0 Å². The van der Waals surface area contributed by atoms with Crippen molar-refractivity contribution in [2.45, 2.75) is 12.8 Å². The summed E-state index contributed by atoms with van der Waals surface area (Å²) in [6.45, 7) is 0. The zero-order chi connectivity index (χ0) is 16.2. The molecule has 0 radical (unpaired) electrons. The Labute approximate surface area is 139 Å². The number of allylic oxidation sites excluding steroid dienone is 1. The molecule has 0 bridgehead atoms. The molecule has 1 aliphatic rings. The number of nitrogens with one attached hydrogen (secondary N) is 1. The van der Waals surface area contributed by atoms with Crippen molar-refractivity contribution in [2.75, 3.05) is 0 Å². The van der Waals surface area contributed by atoms with E-state index in [2.05, 4.69) is 16.6 Å². The van der Waals surface area contributed by atoms with Crippen molar-refractivity contribution in [2.24, 2.45) is 5.10 Å². The molecule has 0 saturated carbocycles. The van der Waals surface area contributed by atoms with Gasteiger partial charge in [-0.25, -0.2) is 5.43 Å². The molecule has 116 valence electrons. The molecule has 3 rings (SSSR count). The minimum Gasteiger partial charge on any atom is -0.507 e. The lowest BCUT2D eigenvalue weighted by Gasteiger charge is -2.17. The smallest absolute Gasteiger partial charge is 0.275 e. The highest BCUT2D eigenvalue weighted by molar-refractivity contribution is 6.51. The molecule has 0 unspecified atom stereocenters. The molecule has 0 aliphatic heterocycles. The van der Waals surface area contributed by atoms with Gasteiger partial charge in [-0.3, -0.25) is 4.79 Å². The van der Waals surface area contributed by atoms with E-state index in [-0.39, 0.29) is 11.3 Å². The zero-order valence-electron chi connectivity index (χ0n) is 12.3. The Balaban J connectivity index is 1.74. The fraction of sp³-hybridized carbons (Fsp3) is 0.111. The number of para-hydroxylation sites is 1. The number of hydrogen-bond acceptors (Lipinski definition) is 3. The topological polar surface area (TPSA) is 61.7 Å². The first-order valence-corrected chi connectivity index (χ1v) is 7.63. The van der Waals surface area contributed by atoms with E-state index in [1.807, 2.05) is 18.2 Å². The van der Waals surface area contributed by atoms with Crippen LogP contribution >= 0.6 is 11.6 Å². The van der Waals surface area contributed by atoms with Crippen molar-refractivity contribution in [3.8, 4) is 5.75 Å². The maximum absolute atomic E-state index is 12.0. The van der Waals surface area contributed by atoms with Crippen LogP contribution in [-0.4, -0.2) is 17.2 Å². The molecule has 0 aromatic heterocycles. The first-order chi connectivity index (χ1) is 11.2. The van der Waals surface area contributed by atoms with Crippen LogP contribution in [0.15, 0.2) is 59.2 Å². The molecule has 2 aromatic carbocycles. The first kappa shape index (κ1) is 15.3. The molecular formula is C18H15ClN2O2. The Hall–Kier alpha value is -2.59.